The van der Waals surface area contributed by atoms with Gasteiger partial charge in [0.1, 0.15) is 6.61 Å². The van der Waals surface area contributed by atoms with Crippen LogP contribution in [0.25, 0.3) is 11.1 Å². The average molecular weight is 663 g/mol. The highest BCUT2D eigenvalue weighted by atomic mass is 35.5. The highest BCUT2D eigenvalue weighted by Gasteiger charge is 2.43. The van der Waals surface area contributed by atoms with E-state index in [1.165, 1.54) is 11.1 Å². The van der Waals surface area contributed by atoms with Crippen molar-refractivity contribution in [2.45, 2.75) is 50.0 Å². The van der Waals surface area contributed by atoms with E-state index >= 15 is 0 Å². The number of rotatable bonds is 9. The van der Waals surface area contributed by atoms with Crippen LogP contribution in [0.1, 0.15) is 53.0 Å². The molecule has 48 heavy (non-hydrogen) atoms. The van der Waals surface area contributed by atoms with Gasteiger partial charge in [-0.05, 0) is 89.1 Å². The summed E-state index contributed by atoms with van der Waals surface area (Å²) in [5.74, 6) is -1.97. The van der Waals surface area contributed by atoms with Gasteiger partial charge in [-0.25, -0.2) is 4.79 Å². The lowest BCUT2D eigenvalue weighted by molar-refractivity contribution is -0.147. The number of piperidine rings is 1. The van der Waals surface area contributed by atoms with Crippen molar-refractivity contribution in [1.29, 1.82) is 0 Å². The second kappa shape index (κ2) is 13.5. The minimum absolute atomic E-state index is 0.0768. The molecule has 4 aromatic carbocycles. The summed E-state index contributed by atoms with van der Waals surface area (Å²) in [6.45, 7) is 0.945. The Hall–Kier alpha value is -4.62. The summed E-state index contributed by atoms with van der Waals surface area (Å²) in [6.07, 6.45) is 2.38. The molecule has 7 nitrogen and oxygen atoms in total. The zero-order valence-corrected chi connectivity index (χ0v) is 27.5. The van der Waals surface area contributed by atoms with Crippen LogP contribution in [-0.2, 0) is 33.6 Å². The monoisotopic (exact) mass is 662 g/mol. The lowest BCUT2D eigenvalue weighted by atomic mass is 9.81. The summed E-state index contributed by atoms with van der Waals surface area (Å²) in [5, 5.41) is 13.7. The molecule has 0 spiro atoms. The van der Waals surface area contributed by atoms with E-state index in [9.17, 15) is 19.5 Å². The molecule has 2 amide bonds. The summed E-state index contributed by atoms with van der Waals surface area (Å²) in [5.41, 5.74) is 7.10. The number of ether oxygens (including phenoxy) is 1. The number of carboxylic acid groups (broad SMARTS) is 1. The standard InChI is InChI=1S/C40H39ClN2O5/c41-30-16-14-26(15-17-30)23-40(42-39(47)48-24-36-33-12-5-3-10-31(33)32-11-4-6-13-34(32)36)18-7-19-43(25-40)38(46)35(22-37(44)45)29-20-27-8-1-2-9-28(27)21-29/h1-6,8-17,29,35-36H,7,18-25H2,(H,42,47)(H,44,45)/t35-,40+/m0/s1. The number of fused-ring (bicyclic) bond motifs is 4. The number of alkyl carbamates (subject to hydrolysis) is 1. The highest BCUT2D eigenvalue weighted by molar-refractivity contribution is 6.30. The van der Waals surface area contributed by atoms with Gasteiger partial charge in [0, 0.05) is 24.0 Å². The second-order valence-corrected chi connectivity index (χ2v) is 14.0. The van der Waals surface area contributed by atoms with Crippen molar-refractivity contribution in [3.63, 3.8) is 0 Å². The average Bonchev–Trinajstić information content (AvgIpc) is 3.66. The number of carbonyl (C=O) groups excluding carboxylic acids is 2. The fraction of sp³-hybridized carbons (Fsp3) is 0.325. The van der Waals surface area contributed by atoms with Crippen LogP contribution in [0.2, 0.25) is 5.02 Å². The first-order chi connectivity index (χ1) is 23.3. The number of benzene rings is 4. The molecule has 1 aliphatic heterocycles. The Morgan fingerprint density at radius 1 is 0.875 bits per heavy atom. The lowest BCUT2D eigenvalue weighted by Crippen LogP contribution is -2.62. The topological polar surface area (TPSA) is 95.9 Å². The van der Waals surface area contributed by atoms with Crippen LogP contribution in [0.4, 0.5) is 4.79 Å². The van der Waals surface area contributed by atoms with Crippen molar-refractivity contribution >= 4 is 29.6 Å². The predicted molar refractivity (Wildman–Crippen MR) is 185 cm³/mol. The number of carboxylic acids is 1. The highest BCUT2D eigenvalue weighted by Crippen LogP contribution is 2.44. The first kappa shape index (κ1) is 32.0. The Bertz CT molecular complexity index is 1770. The summed E-state index contributed by atoms with van der Waals surface area (Å²) < 4.78 is 5.98. The van der Waals surface area contributed by atoms with Gasteiger partial charge in [0.25, 0.3) is 0 Å². The molecule has 2 N–H and O–H groups in total. The van der Waals surface area contributed by atoms with Crippen LogP contribution in [0.15, 0.2) is 97.1 Å². The first-order valence-electron chi connectivity index (χ1n) is 16.7. The van der Waals surface area contributed by atoms with Crippen molar-refractivity contribution in [2.75, 3.05) is 19.7 Å². The summed E-state index contributed by atoms with van der Waals surface area (Å²) in [7, 11) is 0. The van der Waals surface area contributed by atoms with Crippen molar-refractivity contribution < 1.29 is 24.2 Å². The molecule has 2 atom stereocenters. The maximum absolute atomic E-state index is 14.3. The predicted octanol–water partition coefficient (Wildman–Crippen LogP) is 7.29. The van der Waals surface area contributed by atoms with Crippen LogP contribution >= 0.6 is 11.6 Å². The molecule has 1 heterocycles. The fourth-order valence-electron chi connectivity index (χ4n) is 8.21. The second-order valence-electron chi connectivity index (χ2n) is 13.5. The van der Waals surface area contributed by atoms with Crippen LogP contribution in [0, 0.1) is 11.8 Å². The molecule has 0 saturated carbocycles. The molecule has 4 aromatic rings. The Labute approximate surface area is 285 Å². The van der Waals surface area contributed by atoms with Gasteiger partial charge in [-0.2, -0.15) is 0 Å². The van der Waals surface area contributed by atoms with Crippen LogP contribution in [0.3, 0.4) is 0 Å². The van der Waals surface area contributed by atoms with Gasteiger partial charge in [-0.15, -0.1) is 0 Å². The van der Waals surface area contributed by atoms with E-state index in [1.807, 2.05) is 60.7 Å². The quantitative estimate of drug-likeness (QED) is 0.196. The Kier molecular flexibility index (Phi) is 8.97. The lowest BCUT2D eigenvalue weighted by Gasteiger charge is -2.44. The smallest absolute Gasteiger partial charge is 0.407 e. The fourth-order valence-corrected chi connectivity index (χ4v) is 8.34. The number of aliphatic carboxylic acids is 1. The molecule has 1 fully saturated rings. The molecule has 1 saturated heterocycles. The molecular formula is C40H39ClN2O5. The summed E-state index contributed by atoms with van der Waals surface area (Å²) >= 11 is 6.19. The van der Waals surface area contributed by atoms with E-state index in [4.69, 9.17) is 16.3 Å². The maximum Gasteiger partial charge on any atom is 0.407 e. The molecule has 0 unspecified atom stereocenters. The number of likely N-dealkylation sites (tertiary alicyclic amines) is 1. The van der Waals surface area contributed by atoms with Crippen molar-refractivity contribution in [1.82, 2.24) is 10.2 Å². The number of hydrogen-bond donors (Lipinski definition) is 2. The van der Waals surface area contributed by atoms with Crippen LogP contribution in [0.5, 0.6) is 0 Å². The van der Waals surface area contributed by atoms with E-state index in [0.29, 0.717) is 43.7 Å². The molecule has 8 heteroatoms. The largest absolute Gasteiger partial charge is 0.481 e. The van der Waals surface area contributed by atoms with E-state index in [2.05, 4.69) is 41.7 Å². The maximum atomic E-state index is 14.3. The third-order valence-electron chi connectivity index (χ3n) is 10.4. The molecule has 0 radical (unpaired) electrons. The minimum atomic E-state index is -0.981. The van der Waals surface area contributed by atoms with Gasteiger partial charge in [-0.1, -0.05) is 96.5 Å². The third kappa shape index (κ3) is 6.56. The van der Waals surface area contributed by atoms with Gasteiger partial charge in [0.15, 0.2) is 0 Å². The van der Waals surface area contributed by atoms with Crippen LogP contribution in [-0.4, -0.2) is 53.2 Å². The third-order valence-corrected chi connectivity index (χ3v) is 10.7. The van der Waals surface area contributed by atoms with Gasteiger partial charge >= 0.3 is 12.1 Å². The molecule has 0 bridgehead atoms. The van der Waals surface area contributed by atoms with E-state index in [1.54, 1.807) is 4.90 Å². The summed E-state index contributed by atoms with van der Waals surface area (Å²) in [6, 6.07) is 32.1. The minimum Gasteiger partial charge on any atom is -0.481 e. The Morgan fingerprint density at radius 3 is 2.10 bits per heavy atom. The van der Waals surface area contributed by atoms with Gasteiger partial charge in [0.2, 0.25) is 5.91 Å². The number of nitrogens with zero attached hydrogens (tertiary/aromatic N) is 1. The SMILES string of the molecule is O=C(O)C[C@H](C(=O)N1CCC[C@](Cc2ccc(Cl)cc2)(NC(=O)OCC2c3ccccc3-c3ccccc32)C1)C1Cc2ccccc2C1. The van der Waals surface area contributed by atoms with Crippen molar-refractivity contribution in [2.24, 2.45) is 11.8 Å². The number of carbonyl (C=O) groups is 3. The number of nitrogens with one attached hydrogen (secondary N) is 1. The molecule has 7 rings (SSSR count). The molecule has 0 aromatic heterocycles. The normalized spacial score (nSPS) is 19.2. The Morgan fingerprint density at radius 2 is 1.48 bits per heavy atom. The van der Waals surface area contributed by atoms with Gasteiger partial charge < -0.3 is 20.1 Å². The number of halogens is 1. The molecule has 3 aliphatic rings. The summed E-state index contributed by atoms with van der Waals surface area (Å²) in [4.78, 5) is 41.8. The van der Waals surface area contributed by atoms with Gasteiger partial charge in [-0.3, -0.25) is 9.59 Å². The first-order valence-corrected chi connectivity index (χ1v) is 17.1. The van der Waals surface area contributed by atoms with E-state index in [-0.39, 0.29) is 37.3 Å². The van der Waals surface area contributed by atoms with Crippen molar-refractivity contribution in [3.8, 4) is 11.1 Å². The molecule has 2 aliphatic carbocycles. The van der Waals surface area contributed by atoms with E-state index in [0.717, 1.165) is 27.8 Å². The Balaban J connectivity index is 1.11. The zero-order chi connectivity index (χ0) is 33.3. The zero-order valence-electron chi connectivity index (χ0n) is 26.7. The number of hydrogen-bond acceptors (Lipinski definition) is 4. The van der Waals surface area contributed by atoms with Crippen molar-refractivity contribution in [3.05, 3.63) is 130 Å². The molecule has 246 valence electrons. The van der Waals surface area contributed by atoms with E-state index < -0.39 is 23.5 Å². The molecular weight excluding hydrogens is 624 g/mol. The number of amides is 2. The van der Waals surface area contributed by atoms with Crippen LogP contribution < -0.4 is 5.32 Å². The van der Waals surface area contributed by atoms with Gasteiger partial charge in [0.05, 0.1) is 17.9 Å².